The summed E-state index contributed by atoms with van der Waals surface area (Å²) in [6.45, 7) is 2.64. The van der Waals surface area contributed by atoms with Crippen molar-refractivity contribution in [1.82, 2.24) is 29.6 Å². The van der Waals surface area contributed by atoms with Gasteiger partial charge in [0.1, 0.15) is 5.82 Å². The Kier molecular flexibility index (Phi) is 6.03. The van der Waals surface area contributed by atoms with E-state index in [-0.39, 0.29) is 24.7 Å². The summed E-state index contributed by atoms with van der Waals surface area (Å²) in [5.41, 5.74) is 3.16. The first kappa shape index (κ1) is 20.7. The summed E-state index contributed by atoms with van der Waals surface area (Å²) in [5, 5.41) is 9.91. The normalized spacial score (nSPS) is 10.9. The van der Waals surface area contributed by atoms with Crippen LogP contribution in [0.3, 0.4) is 0 Å². The maximum atomic E-state index is 14.4. The van der Waals surface area contributed by atoms with E-state index in [2.05, 4.69) is 20.5 Å². The summed E-state index contributed by atoms with van der Waals surface area (Å²) in [4.78, 5) is 16.3. The first-order valence-corrected chi connectivity index (χ1v) is 10.2. The summed E-state index contributed by atoms with van der Waals surface area (Å²) in [6, 6.07) is 12.8. The second-order valence-corrected chi connectivity index (χ2v) is 7.54. The Morgan fingerprint density at radius 3 is 2.74 bits per heavy atom. The largest absolute Gasteiger partial charge is 0.352 e. The minimum atomic E-state index is -0.378. The average molecular weight is 437 g/mol. The molecule has 0 spiro atoms. The predicted octanol–water partition coefficient (Wildman–Crippen LogP) is 3.95. The van der Waals surface area contributed by atoms with Crippen molar-refractivity contribution in [2.75, 3.05) is 0 Å². The van der Waals surface area contributed by atoms with E-state index in [4.69, 9.17) is 12.2 Å². The Morgan fingerprint density at radius 2 is 2.03 bits per heavy atom. The van der Waals surface area contributed by atoms with Gasteiger partial charge < -0.3 is 9.88 Å². The number of aryl methyl sites for hydroxylation is 1. The van der Waals surface area contributed by atoms with Crippen molar-refractivity contribution in [3.05, 3.63) is 82.9 Å². The van der Waals surface area contributed by atoms with Crippen LogP contribution in [0.5, 0.6) is 0 Å². The molecule has 31 heavy (non-hydrogen) atoms. The molecule has 0 unspecified atom stereocenters. The molecule has 7 nitrogen and oxygen atoms in total. The van der Waals surface area contributed by atoms with Crippen molar-refractivity contribution in [3.8, 4) is 17.1 Å². The lowest BCUT2D eigenvalue weighted by molar-refractivity contribution is -0.121. The van der Waals surface area contributed by atoms with Gasteiger partial charge in [-0.25, -0.2) is 9.37 Å². The minimum Gasteiger partial charge on any atom is -0.352 e. The van der Waals surface area contributed by atoms with Crippen molar-refractivity contribution >= 4 is 18.1 Å². The van der Waals surface area contributed by atoms with Crippen molar-refractivity contribution in [2.24, 2.45) is 0 Å². The van der Waals surface area contributed by atoms with Crippen LogP contribution in [0.15, 0.2) is 61.2 Å². The fourth-order valence-corrected chi connectivity index (χ4v) is 3.45. The van der Waals surface area contributed by atoms with Gasteiger partial charge in [-0.3, -0.25) is 14.5 Å². The molecule has 9 heteroatoms. The molecule has 0 aliphatic carbocycles. The zero-order valence-electron chi connectivity index (χ0n) is 16.9. The fourth-order valence-electron chi connectivity index (χ4n) is 3.22. The second-order valence-electron chi connectivity index (χ2n) is 7.15. The van der Waals surface area contributed by atoms with Crippen LogP contribution < -0.4 is 5.32 Å². The molecular weight excluding hydrogens is 415 g/mol. The number of H-pyrrole nitrogens is 1. The van der Waals surface area contributed by atoms with Crippen molar-refractivity contribution in [1.29, 1.82) is 0 Å². The average Bonchev–Trinajstić information content (AvgIpc) is 3.41. The second kappa shape index (κ2) is 9.05. The third-order valence-electron chi connectivity index (χ3n) is 4.91. The lowest BCUT2D eigenvalue weighted by atomic mass is 10.1. The van der Waals surface area contributed by atoms with Gasteiger partial charge in [0.2, 0.25) is 5.91 Å². The summed E-state index contributed by atoms with van der Waals surface area (Å²) in [6.07, 6.45) is 5.02. The van der Waals surface area contributed by atoms with Crippen LogP contribution >= 0.6 is 12.2 Å². The smallest absolute Gasteiger partial charge is 0.222 e. The summed E-state index contributed by atoms with van der Waals surface area (Å²) in [7, 11) is 0. The molecule has 0 aliphatic rings. The van der Waals surface area contributed by atoms with Gasteiger partial charge in [-0.05, 0) is 36.8 Å². The van der Waals surface area contributed by atoms with Gasteiger partial charge in [-0.1, -0.05) is 35.9 Å². The standard InChI is InChI=1S/C22H21FN6OS/c1-15-2-5-17(6-3-15)21-26-27-22(31)29(21)10-8-20(30)25-13-16-4-7-19(18(23)12-16)28-11-9-24-14-28/h2-7,9,11-12,14H,8,10,13H2,1H3,(H,25,30)(H,27,31). The highest BCUT2D eigenvalue weighted by Crippen LogP contribution is 2.18. The lowest BCUT2D eigenvalue weighted by Gasteiger charge is -2.10. The highest BCUT2D eigenvalue weighted by molar-refractivity contribution is 7.71. The molecule has 4 rings (SSSR count). The Bertz CT molecular complexity index is 1240. The Labute approximate surface area is 183 Å². The van der Waals surface area contributed by atoms with E-state index < -0.39 is 0 Å². The highest BCUT2D eigenvalue weighted by atomic mass is 32.1. The molecule has 4 aromatic rings. The van der Waals surface area contributed by atoms with Gasteiger partial charge in [0, 0.05) is 37.5 Å². The number of carbonyl (C=O) groups is 1. The molecule has 0 atom stereocenters. The maximum absolute atomic E-state index is 14.4. The number of aromatic nitrogens is 5. The van der Waals surface area contributed by atoms with Crippen LogP contribution in [0.1, 0.15) is 17.5 Å². The molecule has 2 N–H and O–H groups in total. The van der Waals surface area contributed by atoms with Crippen molar-refractivity contribution < 1.29 is 9.18 Å². The van der Waals surface area contributed by atoms with Gasteiger partial charge >= 0.3 is 0 Å². The summed E-state index contributed by atoms with van der Waals surface area (Å²) >= 11 is 5.32. The van der Waals surface area contributed by atoms with Crippen LogP contribution in [0, 0.1) is 17.5 Å². The number of hydrogen-bond acceptors (Lipinski definition) is 4. The number of nitrogens with one attached hydrogen (secondary N) is 2. The fraction of sp³-hybridized carbons (Fsp3) is 0.182. The molecule has 0 radical (unpaired) electrons. The molecule has 0 saturated heterocycles. The molecular formula is C22H21FN6OS. The van der Waals surface area contributed by atoms with E-state index in [1.165, 1.54) is 12.4 Å². The number of halogens is 1. The maximum Gasteiger partial charge on any atom is 0.222 e. The Morgan fingerprint density at radius 1 is 1.23 bits per heavy atom. The number of benzene rings is 2. The monoisotopic (exact) mass is 436 g/mol. The van der Waals surface area contributed by atoms with Crippen LogP contribution in [0.2, 0.25) is 0 Å². The number of imidazole rings is 1. The number of amides is 1. The van der Waals surface area contributed by atoms with Gasteiger partial charge in [0.15, 0.2) is 10.6 Å². The molecule has 2 heterocycles. The highest BCUT2D eigenvalue weighted by Gasteiger charge is 2.11. The number of aromatic amines is 1. The molecule has 1 amide bonds. The Hall–Kier alpha value is -3.59. The summed E-state index contributed by atoms with van der Waals surface area (Å²) < 4.78 is 18.2. The molecule has 0 fully saturated rings. The predicted molar refractivity (Wildman–Crippen MR) is 118 cm³/mol. The third kappa shape index (κ3) is 4.77. The van der Waals surface area contributed by atoms with Crippen LogP contribution in [-0.4, -0.2) is 30.2 Å². The first-order valence-electron chi connectivity index (χ1n) is 9.77. The van der Waals surface area contributed by atoms with Gasteiger partial charge in [0.05, 0.1) is 12.0 Å². The first-order chi connectivity index (χ1) is 15.0. The van der Waals surface area contributed by atoms with E-state index in [0.29, 0.717) is 28.4 Å². The van der Waals surface area contributed by atoms with E-state index in [0.717, 1.165) is 11.1 Å². The van der Waals surface area contributed by atoms with Gasteiger partial charge in [-0.15, -0.1) is 0 Å². The lowest BCUT2D eigenvalue weighted by Crippen LogP contribution is -2.24. The van der Waals surface area contributed by atoms with E-state index >= 15 is 0 Å². The number of hydrogen-bond donors (Lipinski definition) is 2. The Balaban J connectivity index is 1.36. The third-order valence-corrected chi connectivity index (χ3v) is 5.23. The minimum absolute atomic E-state index is 0.156. The topological polar surface area (TPSA) is 80.5 Å². The number of carbonyl (C=O) groups excluding carboxylic acids is 1. The van der Waals surface area contributed by atoms with Crippen LogP contribution in [-0.2, 0) is 17.9 Å². The number of nitrogens with zero attached hydrogens (tertiary/aromatic N) is 4. The molecule has 0 aliphatic heterocycles. The van der Waals surface area contributed by atoms with Gasteiger partial charge in [0.25, 0.3) is 0 Å². The van der Waals surface area contributed by atoms with E-state index in [1.54, 1.807) is 33.7 Å². The summed E-state index contributed by atoms with van der Waals surface area (Å²) in [5.74, 6) is 0.157. The van der Waals surface area contributed by atoms with Crippen molar-refractivity contribution in [3.63, 3.8) is 0 Å². The SMILES string of the molecule is Cc1ccc(-c2n[nH]c(=S)n2CCC(=O)NCc2ccc(-n3ccnc3)c(F)c2)cc1. The quantitative estimate of drug-likeness (QED) is 0.430. The molecule has 158 valence electrons. The molecule has 0 bridgehead atoms. The van der Waals surface area contributed by atoms with Crippen LogP contribution in [0.4, 0.5) is 4.39 Å². The zero-order valence-corrected chi connectivity index (χ0v) is 17.7. The van der Waals surface area contributed by atoms with Gasteiger partial charge in [-0.2, -0.15) is 5.10 Å². The molecule has 2 aromatic carbocycles. The zero-order chi connectivity index (χ0) is 21.8. The number of rotatable bonds is 7. The van der Waals surface area contributed by atoms with Crippen molar-refractivity contribution in [2.45, 2.75) is 26.4 Å². The van der Waals surface area contributed by atoms with E-state index in [9.17, 15) is 9.18 Å². The molecule has 0 saturated carbocycles. The van der Waals surface area contributed by atoms with E-state index in [1.807, 2.05) is 31.2 Å². The van der Waals surface area contributed by atoms with Crippen LogP contribution in [0.25, 0.3) is 17.1 Å². The molecule has 2 aromatic heterocycles.